The van der Waals surface area contributed by atoms with Gasteiger partial charge in [-0.25, -0.2) is 0 Å². The molecule has 2 rings (SSSR count). The molecule has 3 unspecified atom stereocenters. The number of carboxylic acid groups (broad SMARTS) is 1. The van der Waals surface area contributed by atoms with Crippen LogP contribution in [0.4, 0.5) is 0 Å². The molecule has 0 radical (unpaired) electrons. The van der Waals surface area contributed by atoms with Gasteiger partial charge in [0.15, 0.2) is 0 Å². The lowest BCUT2D eigenvalue weighted by atomic mass is 10.0. The molecule has 0 aromatic heterocycles. The van der Waals surface area contributed by atoms with Crippen LogP contribution in [0.25, 0.3) is 0 Å². The van der Waals surface area contributed by atoms with Crippen LogP contribution in [-0.2, 0) is 14.3 Å². The molecule has 2 aliphatic heterocycles. The van der Waals surface area contributed by atoms with Gasteiger partial charge in [-0.3, -0.25) is 9.59 Å². The van der Waals surface area contributed by atoms with Crippen LogP contribution in [-0.4, -0.2) is 49.3 Å². The van der Waals surface area contributed by atoms with E-state index in [1.165, 1.54) is 0 Å². The van der Waals surface area contributed by atoms with E-state index in [2.05, 4.69) is 10.6 Å². The van der Waals surface area contributed by atoms with Crippen LogP contribution in [0, 0.1) is 11.8 Å². The minimum absolute atomic E-state index is 0.0324. The van der Waals surface area contributed by atoms with Crippen molar-refractivity contribution in [3.8, 4) is 0 Å². The first-order chi connectivity index (χ1) is 7.68. The second-order valence-corrected chi connectivity index (χ2v) is 4.29. The van der Waals surface area contributed by atoms with Crippen molar-refractivity contribution < 1.29 is 19.4 Å². The molecule has 0 spiro atoms. The lowest BCUT2D eigenvalue weighted by Gasteiger charge is -2.17. The van der Waals surface area contributed by atoms with Crippen LogP contribution in [0.3, 0.4) is 0 Å². The molecule has 6 heteroatoms. The van der Waals surface area contributed by atoms with Crippen molar-refractivity contribution in [2.75, 3.05) is 26.3 Å². The van der Waals surface area contributed by atoms with Crippen LogP contribution >= 0.6 is 0 Å². The number of aliphatic carboxylic acids is 1. The van der Waals surface area contributed by atoms with E-state index in [0.717, 1.165) is 13.0 Å². The van der Waals surface area contributed by atoms with E-state index in [1.807, 2.05) is 0 Å². The molecule has 2 fully saturated rings. The number of hydrogen-bond acceptors (Lipinski definition) is 4. The number of nitrogens with one attached hydrogen (secondary N) is 2. The Labute approximate surface area is 93.3 Å². The van der Waals surface area contributed by atoms with Gasteiger partial charge in [0.2, 0.25) is 5.91 Å². The van der Waals surface area contributed by atoms with Gasteiger partial charge in [0.25, 0.3) is 0 Å². The maximum Gasteiger partial charge on any atom is 0.311 e. The van der Waals surface area contributed by atoms with E-state index < -0.39 is 11.9 Å². The Balaban J connectivity index is 1.88. The summed E-state index contributed by atoms with van der Waals surface area (Å²) in [6.45, 7) is 2.00. The minimum Gasteiger partial charge on any atom is -0.481 e. The minimum atomic E-state index is -0.910. The average molecular weight is 228 g/mol. The van der Waals surface area contributed by atoms with Gasteiger partial charge in [-0.1, -0.05) is 0 Å². The Morgan fingerprint density at radius 2 is 2.19 bits per heavy atom. The largest absolute Gasteiger partial charge is 0.481 e. The number of rotatable bonds is 3. The van der Waals surface area contributed by atoms with Crippen molar-refractivity contribution in [3.63, 3.8) is 0 Å². The van der Waals surface area contributed by atoms with Crippen LogP contribution in [0.5, 0.6) is 0 Å². The SMILES string of the molecule is O=C(NC1COCC1C(=O)O)C1CCNC1. The highest BCUT2D eigenvalue weighted by Crippen LogP contribution is 2.15. The highest BCUT2D eigenvalue weighted by atomic mass is 16.5. The first kappa shape index (κ1) is 11.3. The van der Waals surface area contributed by atoms with E-state index in [-0.39, 0.29) is 24.5 Å². The molecule has 2 saturated heterocycles. The Kier molecular flexibility index (Phi) is 3.40. The number of ether oxygens (including phenoxy) is 1. The molecule has 2 heterocycles. The van der Waals surface area contributed by atoms with Crippen molar-refractivity contribution in [3.05, 3.63) is 0 Å². The topological polar surface area (TPSA) is 87.7 Å². The molecule has 0 aromatic rings. The molecule has 0 aromatic carbocycles. The van der Waals surface area contributed by atoms with E-state index in [1.54, 1.807) is 0 Å². The highest BCUT2D eigenvalue weighted by molar-refractivity contribution is 5.81. The Bertz CT molecular complexity index is 289. The number of carbonyl (C=O) groups is 2. The number of hydrogen-bond donors (Lipinski definition) is 3. The lowest BCUT2D eigenvalue weighted by Crippen LogP contribution is -2.45. The van der Waals surface area contributed by atoms with Gasteiger partial charge in [-0.2, -0.15) is 0 Å². The lowest BCUT2D eigenvalue weighted by molar-refractivity contribution is -0.142. The van der Waals surface area contributed by atoms with Crippen molar-refractivity contribution in [2.45, 2.75) is 12.5 Å². The van der Waals surface area contributed by atoms with Crippen molar-refractivity contribution >= 4 is 11.9 Å². The van der Waals surface area contributed by atoms with Gasteiger partial charge in [-0.05, 0) is 13.0 Å². The third-order valence-electron chi connectivity index (χ3n) is 3.16. The maximum atomic E-state index is 11.8. The van der Waals surface area contributed by atoms with Gasteiger partial charge in [0.05, 0.1) is 25.2 Å². The van der Waals surface area contributed by atoms with Crippen molar-refractivity contribution in [2.24, 2.45) is 11.8 Å². The van der Waals surface area contributed by atoms with Crippen molar-refractivity contribution in [1.82, 2.24) is 10.6 Å². The summed E-state index contributed by atoms with van der Waals surface area (Å²) in [5.41, 5.74) is 0. The van der Waals surface area contributed by atoms with Gasteiger partial charge >= 0.3 is 5.97 Å². The zero-order chi connectivity index (χ0) is 11.5. The molecule has 0 saturated carbocycles. The third kappa shape index (κ3) is 2.33. The number of carboxylic acids is 1. The molecule has 90 valence electrons. The quantitative estimate of drug-likeness (QED) is 0.565. The summed E-state index contributed by atoms with van der Waals surface area (Å²) in [5.74, 6) is -1.62. The standard InChI is InChI=1S/C10H16N2O4/c13-9(6-1-2-11-3-6)12-8-5-16-4-7(8)10(14)15/h6-8,11H,1-5H2,(H,12,13)(H,14,15). The Morgan fingerprint density at radius 1 is 1.38 bits per heavy atom. The zero-order valence-electron chi connectivity index (χ0n) is 8.94. The fraction of sp³-hybridized carbons (Fsp3) is 0.800. The summed E-state index contributed by atoms with van der Waals surface area (Å²) in [6, 6.07) is -0.384. The molecule has 0 aliphatic carbocycles. The zero-order valence-corrected chi connectivity index (χ0v) is 8.94. The van der Waals surface area contributed by atoms with Crippen LogP contribution in [0.15, 0.2) is 0 Å². The van der Waals surface area contributed by atoms with Crippen LogP contribution in [0.2, 0.25) is 0 Å². The maximum absolute atomic E-state index is 11.8. The smallest absolute Gasteiger partial charge is 0.311 e. The molecule has 1 amide bonds. The summed E-state index contributed by atoms with van der Waals surface area (Å²) < 4.78 is 5.08. The van der Waals surface area contributed by atoms with Gasteiger partial charge in [0.1, 0.15) is 5.92 Å². The number of carbonyl (C=O) groups excluding carboxylic acids is 1. The van der Waals surface area contributed by atoms with Crippen molar-refractivity contribution in [1.29, 1.82) is 0 Å². The highest BCUT2D eigenvalue weighted by Gasteiger charge is 2.36. The first-order valence-corrected chi connectivity index (χ1v) is 5.50. The Hall–Kier alpha value is -1.14. The second-order valence-electron chi connectivity index (χ2n) is 4.29. The third-order valence-corrected chi connectivity index (χ3v) is 3.16. The molecular weight excluding hydrogens is 212 g/mol. The summed E-state index contributed by atoms with van der Waals surface area (Å²) in [6.07, 6.45) is 0.817. The normalized spacial score (nSPS) is 33.9. The monoisotopic (exact) mass is 228 g/mol. The fourth-order valence-electron chi connectivity index (χ4n) is 2.12. The van der Waals surface area contributed by atoms with Gasteiger partial charge < -0.3 is 20.5 Å². The molecule has 3 N–H and O–H groups in total. The van der Waals surface area contributed by atoms with Gasteiger partial charge in [0, 0.05) is 6.54 Å². The Morgan fingerprint density at radius 3 is 2.81 bits per heavy atom. The summed E-state index contributed by atoms with van der Waals surface area (Å²) in [4.78, 5) is 22.6. The van der Waals surface area contributed by atoms with Crippen LogP contribution in [0.1, 0.15) is 6.42 Å². The summed E-state index contributed by atoms with van der Waals surface area (Å²) in [7, 11) is 0. The predicted molar refractivity (Wildman–Crippen MR) is 54.9 cm³/mol. The molecule has 3 atom stereocenters. The van der Waals surface area contributed by atoms with Gasteiger partial charge in [-0.15, -0.1) is 0 Å². The molecule has 6 nitrogen and oxygen atoms in total. The van der Waals surface area contributed by atoms with E-state index >= 15 is 0 Å². The number of amides is 1. The van der Waals surface area contributed by atoms with E-state index in [9.17, 15) is 9.59 Å². The molecule has 2 aliphatic rings. The summed E-state index contributed by atoms with van der Waals surface area (Å²) >= 11 is 0. The summed E-state index contributed by atoms with van der Waals surface area (Å²) in [5, 5.41) is 14.8. The predicted octanol–water partition coefficient (Wildman–Crippen LogP) is -1.19. The molecule has 0 bridgehead atoms. The second kappa shape index (κ2) is 4.80. The average Bonchev–Trinajstić information content (AvgIpc) is 2.86. The fourth-order valence-corrected chi connectivity index (χ4v) is 2.12. The van der Waals surface area contributed by atoms with Crippen LogP contribution < -0.4 is 10.6 Å². The van der Waals surface area contributed by atoms with E-state index in [0.29, 0.717) is 13.2 Å². The first-order valence-electron chi connectivity index (χ1n) is 5.50. The molecular formula is C10H16N2O4. The van der Waals surface area contributed by atoms with E-state index in [4.69, 9.17) is 9.84 Å². The molecule has 16 heavy (non-hydrogen) atoms.